The molecule has 1 aromatic rings. The number of benzene rings is 1. The monoisotopic (exact) mass is 140 g/mol. The molecule has 0 radical (unpaired) electrons. The smallest absolute Gasteiger partial charge is 0.0283 e. The fourth-order valence-corrected chi connectivity index (χ4v) is 1.18. The molecule has 0 unspecified atom stereocenters. The second kappa shape index (κ2) is 2.64. The molecule has 11 heavy (non-hydrogen) atoms. The van der Waals surface area contributed by atoms with Crippen LogP contribution in [0.25, 0.3) is 0 Å². The highest BCUT2D eigenvalue weighted by molar-refractivity contribution is 5.45. The third kappa shape index (κ3) is 1.18. The van der Waals surface area contributed by atoms with Crippen LogP contribution in [0.3, 0.4) is 0 Å². The summed E-state index contributed by atoms with van der Waals surface area (Å²) in [7, 11) is 0. The average molecular weight is 140 g/mol. The van der Waals surface area contributed by atoms with Crippen molar-refractivity contribution in [2.45, 2.75) is 6.42 Å². The van der Waals surface area contributed by atoms with E-state index in [-0.39, 0.29) is 0 Å². The quantitative estimate of drug-likeness (QED) is 0.484. The van der Waals surface area contributed by atoms with Crippen LogP contribution in [0.4, 0.5) is 0 Å². The van der Waals surface area contributed by atoms with Gasteiger partial charge >= 0.3 is 0 Å². The summed E-state index contributed by atoms with van der Waals surface area (Å²) in [5, 5.41) is 0. The van der Waals surface area contributed by atoms with E-state index >= 15 is 0 Å². The van der Waals surface area contributed by atoms with E-state index in [9.17, 15) is 0 Å². The van der Waals surface area contributed by atoms with Crippen molar-refractivity contribution >= 4 is 0 Å². The average Bonchev–Trinajstić information content (AvgIpc) is 2.28. The van der Waals surface area contributed by atoms with E-state index in [1.165, 1.54) is 5.56 Å². The Morgan fingerprint density at radius 1 is 1.18 bits per heavy atom. The zero-order valence-corrected chi connectivity index (χ0v) is 6.17. The molecule has 0 fully saturated rings. The van der Waals surface area contributed by atoms with Crippen molar-refractivity contribution in [1.29, 1.82) is 0 Å². The van der Waals surface area contributed by atoms with E-state index in [0.717, 1.165) is 12.0 Å². The van der Waals surface area contributed by atoms with Crippen molar-refractivity contribution in [1.82, 2.24) is 0 Å². The lowest BCUT2D eigenvalue weighted by Crippen LogP contribution is -1.84. The lowest BCUT2D eigenvalue weighted by Gasteiger charge is -1.97. The molecule has 0 aliphatic heterocycles. The minimum absolute atomic E-state index is 0.996. The van der Waals surface area contributed by atoms with E-state index in [0.29, 0.717) is 0 Å². The van der Waals surface area contributed by atoms with Crippen LogP contribution in [0, 0.1) is 11.8 Å². The lowest BCUT2D eigenvalue weighted by molar-refractivity contribution is 1.26. The van der Waals surface area contributed by atoms with Gasteiger partial charge in [-0.05, 0) is 24.1 Å². The molecule has 1 aliphatic carbocycles. The van der Waals surface area contributed by atoms with Crippen LogP contribution < -0.4 is 0 Å². The molecule has 0 heterocycles. The van der Waals surface area contributed by atoms with E-state index in [4.69, 9.17) is 0 Å². The van der Waals surface area contributed by atoms with E-state index in [1.54, 1.807) is 0 Å². The first-order chi connectivity index (χ1) is 5.47. The molecule has 0 saturated carbocycles. The summed E-state index contributed by atoms with van der Waals surface area (Å²) in [6.45, 7) is 0. The summed E-state index contributed by atoms with van der Waals surface area (Å²) >= 11 is 0. The van der Waals surface area contributed by atoms with Gasteiger partial charge in [0.05, 0.1) is 0 Å². The molecule has 2 rings (SSSR count). The molecular formula is C11H8. The standard InChI is InChI=1S/C11H8/c1-2-6-10-8-4-5-9-11(10)7-3-1/h1-2,4-5,8-9H,6H2. The van der Waals surface area contributed by atoms with Gasteiger partial charge in [0.1, 0.15) is 0 Å². The first-order valence-electron chi connectivity index (χ1n) is 3.71. The van der Waals surface area contributed by atoms with Gasteiger partial charge in [-0.2, -0.15) is 0 Å². The van der Waals surface area contributed by atoms with Crippen molar-refractivity contribution in [3.05, 3.63) is 47.5 Å². The third-order valence-corrected chi connectivity index (χ3v) is 1.76. The van der Waals surface area contributed by atoms with Crippen LogP contribution in [0.15, 0.2) is 36.4 Å². The van der Waals surface area contributed by atoms with Crippen molar-refractivity contribution in [2.75, 3.05) is 0 Å². The number of hydrogen-bond donors (Lipinski definition) is 0. The second-order valence-corrected chi connectivity index (χ2v) is 2.53. The van der Waals surface area contributed by atoms with Crippen molar-refractivity contribution in [3.63, 3.8) is 0 Å². The fraction of sp³-hybridized carbons (Fsp3) is 0.0909. The minimum Gasteiger partial charge on any atom is -0.0717 e. The second-order valence-electron chi connectivity index (χ2n) is 2.53. The van der Waals surface area contributed by atoms with Crippen LogP contribution in [-0.4, -0.2) is 0 Å². The molecule has 0 heteroatoms. The molecule has 0 nitrogen and oxygen atoms in total. The number of rotatable bonds is 0. The van der Waals surface area contributed by atoms with Crippen molar-refractivity contribution < 1.29 is 0 Å². The Morgan fingerprint density at radius 3 is 3.09 bits per heavy atom. The van der Waals surface area contributed by atoms with Gasteiger partial charge in [0.2, 0.25) is 0 Å². The summed E-state index contributed by atoms with van der Waals surface area (Å²) in [5.74, 6) is 6.06. The molecule has 0 amide bonds. The third-order valence-electron chi connectivity index (χ3n) is 1.76. The van der Waals surface area contributed by atoms with Gasteiger partial charge < -0.3 is 0 Å². The summed E-state index contributed by atoms with van der Waals surface area (Å²) < 4.78 is 0. The van der Waals surface area contributed by atoms with Crippen molar-refractivity contribution in [2.24, 2.45) is 0 Å². The first-order valence-corrected chi connectivity index (χ1v) is 3.71. The Bertz CT molecular complexity index is 348. The van der Waals surface area contributed by atoms with E-state index < -0.39 is 0 Å². The van der Waals surface area contributed by atoms with Crippen molar-refractivity contribution in [3.8, 4) is 11.8 Å². The van der Waals surface area contributed by atoms with Gasteiger partial charge in [-0.25, -0.2) is 0 Å². The van der Waals surface area contributed by atoms with Crippen LogP contribution in [-0.2, 0) is 6.42 Å². The Balaban J connectivity index is 2.57. The highest BCUT2D eigenvalue weighted by atomic mass is 14.0. The van der Waals surface area contributed by atoms with E-state index in [2.05, 4.69) is 36.1 Å². The normalized spacial score (nSPS) is 12.7. The fourth-order valence-electron chi connectivity index (χ4n) is 1.18. The Morgan fingerprint density at radius 2 is 2.09 bits per heavy atom. The zero-order valence-electron chi connectivity index (χ0n) is 6.17. The summed E-state index contributed by atoms with van der Waals surface area (Å²) in [5.41, 5.74) is 2.49. The number of fused-ring (bicyclic) bond motifs is 1. The summed E-state index contributed by atoms with van der Waals surface area (Å²) in [6.07, 6.45) is 5.01. The molecule has 0 spiro atoms. The summed E-state index contributed by atoms with van der Waals surface area (Å²) in [4.78, 5) is 0. The molecule has 0 saturated heterocycles. The molecule has 0 N–H and O–H groups in total. The molecule has 52 valence electrons. The predicted molar refractivity (Wildman–Crippen MR) is 46.2 cm³/mol. The van der Waals surface area contributed by atoms with Crippen LogP contribution in [0.2, 0.25) is 0 Å². The molecule has 0 bridgehead atoms. The topological polar surface area (TPSA) is 0 Å². The molecule has 0 atom stereocenters. The Labute approximate surface area is 66.6 Å². The van der Waals surface area contributed by atoms with Crippen LogP contribution in [0.5, 0.6) is 0 Å². The van der Waals surface area contributed by atoms with Crippen LogP contribution >= 0.6 is 0 Å². The lowest BCUT2D eigenvalue weighted by atomic mass is 10.1. The van der Waals surface area contributed by atoms with Gasteiger partial charge in [0, 0.05) is 5.56 Å². The zero-order chi connectivity index (χ0) is 7.52. The van der Waals surface area contributed by atoms with Gasteiger partial charge in [-0.1, -0.05) is 36.1 Å². The maximum absolute atomic E-state index is 3.09. The Hall–Kier alpha value is -1.48. The highest BCUT2D eigenvalue weighted by Gasteiger charge is 1.96. The SMILES string of the molecule is C1#Cc2ccccc2CC=C1. The molecule has 1 aromatic carbocycles. The molecule has 0 aromatic heterocycles. The predicted octanol–water partition coefficient (Wildman–Crippen LogP) is 2.15. The maximum atomic E-state index is 3.09. The Kier molecular flexibility index (Phi) is 1.50. The van der Waals surface area contributed by atoms with E-state index in [1.807, 2.05) is 12.1 Å². The molecular weight excluding hydrogens is 132 g/mol. The van der Waals surface area contributed by atoms with Gasteiger partial charge in [0.15, 0.2) is 0 Å². The van der Waals surface area contributed by atoms with Crippen LogP contribution in [0.1, 0.15) is 11.1 Å². The van der Waals surface area contributed by atoms with Gasteiger partial charge in [-0.3, -0.25) is 0 Å². The largest absolute Gasteiger partial charge is 0.0717 e. The number of hydrogen-bond acceptors (Lipinski definition) is 0. The molecule has 1 aliphatic rings. The first kappa shape index (κ1) is 6.24. The van der Waals surface area contributed by atoms with Gasteiger partial charge in [-0.15, -0.1) is 0 Å². The van der Waals surface area contributed by atoms with Gasteiger partial charge in [0.25, 0.3) is 0 Å². The highest BCUT2D eigenvalue weighted by Crippen LogP contribution is 2.09. The number of allylic oxidation sites excluding steroid dienone is 2. The minimum atomic E-state index is 0.996. The summed E-state index contributed by atoms with van der Waals surface area (Å²) in [6, 6.07) is 8.27. The maximum Gasteiger partial charge on any atom is 0.0283 e.